The summed E-state index contributed by atoms with van der Waals surface area (Å²) in [6.45, 7) is 3.61. The van der Waals surface area contributed by atoms with Gasteiger partial charge in [0.15, 0.2) is 6.10 Å². The molecule has 9 nitrogen and oxygen atoms in total. The van der Waals surface area contributed by atoms with Crippen molar-refractivity contribution in [3.05, 3.63) is 72.9 Å². The maximum Gasteiger partial charge on any atom is 0.472 e. The SMILES string of the molecule is CC/C=C\C/C=C\C/C=C\CCCCCCCCCC(=O)OCC(COP(=O)(O)OCCN)OC(=O)CCCCCCCCCCCCCC/C=C\C/C=C\C/C=C\CCCCCCC. The van der Waals surface area contributed by atoms with Gasteiger partial charge in [-0.15, -0.1) is 0 Å². The van der Waals surface area contributed by atoms with Gasteiger partial charge in [-0.25, -0.2) is 4.57 Å². The van der Waals surface area contributed by atoms with E-state index in [0.717, 1.165) is 83.5 Å². The van der Waals surface area contributed by atoms with Gasteiger partial charge in [0.25, 0.3) is 0 Å². The number of carbonyl (C=O) groups excluding carboxylic acids is 2. The van der Waals surface area contributed by atoms with E-state index in [1.54, 1.807) is 0 Å². The molecule has 2 atom stereocenters. The molecule has 0 aliphatic carbocycles. The maximum atomic E-state index is 12.7. The summed E-state index contributed by atoms with van der Waals surface area (Å²) < 4.78 is 32.9. The van der Waals surface area contributed by atoms with Crippen LogP contribution in [0.1, 0.15) is 232 Å². The summed E-state index contributed by atoms with van der Waals surface area (Å²) in [5.41, 5.74) is 5.37. The zero-order valence-corrected chi connectivity index (χ0v) is 42.6. The van der Waals surface area contributed by atoms with Crippen LogP contribution in [0.4, 0.5) is 0 Å². The number of ether oxygens (including phenoxy) is 2. The van der Waals surface area contributed by atoms with Gasteiger partial charge >= 0.3 is 19.8 Å². The molecule has 0 aliphatic heterocycles. The minimum absolute atomic E-state index is 0.0488. The molecule has 0 heterocycles. The van der Waals surface area contributed by atoms with E-state index < -0.39 is 32.5 Å². The van der Waals surface area contributed by atoms with E-state index in [-0.39, 0.29) is 32.6 Å². The van der Waals surface area contributed by atoms with Gasteiger partial charge in [0.1, 0.15) is 6.61 Å². The zero-order valence-electron chi connectivity index (χ0n) is 41.7. The summed E-state index contributed by atoms with van der Waals surface area (Å²) in [5.74, 6) is -0.841. The fourth-order valence-corrected chi connectivity index (χ4v) is 7.95. The fraction of sp³-hybridized carbons (Fsp3) is 0.745. The van der Waals surface area contributed by atoms with Crippen molar-refractivity contribution in [3.63, 3.8) is 0 Å². The molecule has 376 valence electrons. The number of allylic oxidation sites excluding steroid dienone is 12. The minimum Gasteiger partial charge on any atom is -0.462 e. The first-order valence-corrected chi connectivity index (χ1v) is 27.9. The Bertz CT molecular complexity index is 1290. The van der Waals surface area contributed by atoms with Crippen LogP contribution in [0, 0.1) is 0 Å². The minimum atomic E-state index is -4.39. The lowest BCUT2D eigenvalue weighted by atomic mass is 10.0. The van der Waals surface area contributed by atoms with Crippen molar-refractivity contribution in [2.75, 3.05) is 26.4 Å². The summed E-state index contributed by atoms with van der Waals surface area (Å²) in [7, 11) is -4.39. The van der Waals surface area contributed by atoms with Crippen LogP contribution in [-0.4, -0.2) is 49.3 Å². The molecule has 0 radical (unpaired) electrons. The number of rotatable bonds is 49. The standard InChI is InChI=1S/C55H98NO8P/c1-3-5-7-9-11-13-15-17-19-21-22-23-24-25-26-27-28-29-30-32-34-36-38-40-42-44-46-48-55(58)64-53(52-63-65(59,60)62-50-49-56)51-61-54(57)47-45-43-41-39-37-35-33-31-20-18-16-14-12-10-8-6-4-2/h6,8,12,14-15,17-18,20-22,24-25,53H,3-5,7,9-11,13,16,19,23,26-52,56H2,1-2H3,(H,59,60)/b8-6-,14-12-,17-15-,20-18-,22-21-,25-24-. The normalized spacial score (nSPS) is 13.7. The third-order valence-electron chi connectivity index (χ3n) is 11.1. The van der Waals surface area contributed by atoms with E-state index in [0.29, 0.717) is 6.42 Å². The van der Waals surface area contributed by atoms with E-state index in [1.165, 1.54) is 116 Å². The number of nitrogens with two attached hydrogens (primary N) is 1. The number of phosphoric ester groups is 1. The molecule has 10 heteroatoms. The van der Waals surface area contributed by atoms with Crippen LogP contribution in [0.3, 0.4) is 0 Å². The van der Waals surface area contributed by atoms with Crippen molar-refractivity contribution in [1.82, 2.24) is 0 Å². The van der Waals surface area contributed by atoms with Crippen molar-refractivity contribution in [1.29, 1.82) is 0 Å². The van der Waals surface area contributed by atoms with E-state index in [9.17, 15) is 19.0 Å². The lowest BCUT2D eigenvalue weighted by Gasteiger charge is -2.19. The van der Waals surface area contributed by atoms with Crippen molar-refractivity contribution < 1.29 is 37.6 Å². The second-order valence-electron chi connectivity index (χ2n) is 17.4. The van der Waals surface area contributed by atoms with Crippen LogP contribution in [0.25, 0.3) is 0 Å². The number of carbonyl (C=O) groups is 2. The largest absolute Gasteiger partial charge is 0.472 e. The van der Waals surface area contributed by atoms with E-state index >= 15 is 0 Å². The molecule has 3 N–H and O–H groups in total. The highest BCUT2D eigenvalue weighted by Crippen LogP contribution is 2.43. The summed E-state index contributed by atoms with van der Waals surface area (Å²) >= 11 is 0. The van der Waals surface area contributed by atoms with Crippen molar-refractivity contribution in [2.45, 2.75) is 238 Å². The molecule has 0 amide bonds. The fourth-order valence-electron chi connectivity index (χ4n) is 7.19. The molecule has 0 saturated carbocycles. The van der Waals surface area contributed by atoms with Crippen LogP contribution >= 0.6 is 7.82 Å². The van der Waals surface area contributed by atoms with Gasteiger partial charge in [-0.3, -0.25) is 18.6 Å². The molecule has 2 unspecified atom stereocenters. The van der Waals surface area contributed by atoms with Crippen molar-refractivity contribution in [2.24, 2.45) is 5.73 Å². The highest BCUT2D eigenvalue weighted by Gasteiger charge is 2.26. The molecular weight excluding hydrogens is 834 g/mol. The average Bonchev–Trinajstić information content (AvgIpc) is 3.30. The first kappa shape index (κ1) is 62.4. The van der Waals surface area contributed by atoms with Gasteiger partial charge in [0, 0.05) is 19.4 Å². The maximum absolute atomic E-state index is 12.7. The number of unbranched alkanes of at least 4 members (excludes halogenated alkanes) is 24. The zero-order chi connectivity index (χ0) is 47.4. The summed E-state index contributed by atoms with van der Waals surface area (Å²) in [5, 5.41) is 0. The van der Waals surface area contributed by atoms with Gasteiger partial charge in [-0.1, -0.05) is 209 Å². The lowest BCUT2D eigenvalue weighted by molar-refractivity contribution is -0.161. The Morgan fingerprint density at radius 1 is 0.477 bits per heavy atom. The van der Waals surface area contributed by atoms with Gasteiger partial charge in [-0.05, 0) is 83.5 Å². The number of esters is 2. The molecule has 0 spiro atoms. The smallest absolute Gasteiger partial charge is 0.462 e. The van der Waals surface area contributed by atoms with Crippen molar-refractivity contribution in [3.8, 4) is 0 Å². The van der Waals surface area contributed by atoms with Gasteiger partial charge in [-0.2, -0.15) is 0 Å². The Morgan fingerprint density at radius 3 is 1.26 bits per heavy atom. The van der Waals surface area contributed by atoms with Crippen LogP contribution in [0.2, 0.25) is 0 Å². The molecule has 65 heavy (non-hydrogen) atoms. The molecule has 0 bridgehead atoms. The topological polar surface area (TPSA) is 134 Å². The van der Waals surface area contributed by atoms with Crippen LogP contribution < -0.4 is 5.73 Å². The van der Waals surface area contributed by atoms with Gasteiger partial charge < -0.3 is 20.1 Å². The quantitative estimate of drug-likeness (QED) is 0.0265. The second kappa shape index (κ2) is 50.9. The highest BCUT2D eigenvalue weighted by atomic mass is 31.2. The molecule has 0 rings (SSSR count). The van der Waals surface area contributed by atoms with Crippen LogP contribution in [-0.2, 0) is 32.7 Å². The highest BCUT2D eigenvalue weighted by molar-refractivity contribution is 7.47. The average molecular weight is 932 g/mol. The van der Waals surface area contributed by atoms with Crippen molar-refractivity contribution >= 4 is 19.8 Å². The molecule has 0 aromatic carbocycles. The number of phosphoric acid groups is 1. The Morgan fingerprint density at radius 2 is 0.846 bits per heavy atom. The van der Waals surface area contributed by atoms with E-state index in [2.05, 4.69) is 86.8 Å². The Labute approximate surface area is 399 Å². The summed E-state index contributed by atoms with van der Waals surface area (Å²) in [4.78, 5) is 35.1. The van der Waals surface area contributed by atoms with Gasteiger partial charge in [0.05, 0.1) is 13.2 Å². The van der Waals surface area contributed by atoms with E-state index in [1.807, 2.05) is 0 Å². The molecule has 0 saturated heterocycles. The Balaban J connectivity index is 4.02. The molecular formula is C55H98NO8P. The predicted octanol–water partition coefficient (Wildman–Crippen LogP) is 16.2. The Hall–Kier alpha value is -2.55. The predicted molar refractivity (Wildman–Crippen MR) is 275 cm³/mol. The lowest BCUT2D eigenvalue weighted by Crippen LogP contribution is -2.29. The van der Waals surface area contributed by atoms with Crippen LogP contribution in [0.15, 0.2) is 72.9 Å². The summed E-state index contributed by atoms with van der Waals surface area (Å²) in [6.07, 6.45) is 63.7. The molecule has 0 aromatic rings. The number of hydrogen-bond donors (Lipinski definition) is 2. The number of hydrogen-bond acceptors (Lipinski definition) is 8. The third kappa shape index (κ3) is 50.7. The first-order chi connectivity index (χ1) is 31.8. The van der Waals surface area contributed by atoms with Gasteiger partial charge in [0.2, 0.25) is 0 Å². The monoisotopic (exact) mass is 932 g/mol. The molecule has 0 aromatic heterocycles. The molecule has 0 aliphatic rings. The second-order valence-corrected chi connectivity index (χ2v) is 18.8. The van der Waals surface area contributed by atoms with Crippen LogP contribution in [0.5, 0.6) is 0 Å². The third-order valence-corrected chi connectivity index (χ3v) is 12.1. The first-order valence-electron chi connectivity index (χ1n) is 26.4. The molecule has 0 fully saturated rings. The summed E-state index contributed by atoms with van der Waals surface area (Å²) in [6, 6.07) is 0. The van der Waals surface area contributed by atoms with E-state index in [4.69, 9.17) is 24.3 Å². The Kier molecular flexibility index (Phi) is 48.9.